The number of piperazine rings is 1. The minimum absolute atomic E-state index is 0.0885. The molecular weight excluding hydrogens is 661 g/mol. The fourth-order valence-corrected chi connectivity index (χ4v) is 5.78. The van der Waals surface area contributed by atoms with Crippen molar-refractivity contribution in [1.82, 2.24) is 14.9 Å². The van der Waals surface area contributed by atoms with Crippen LogP contribution < -0.4 is 44.1 Å². The summed E-state index contributed by atoms with van der Waals surface area (Å²) in [6, 6.07) is 13.5. The number of hydrogen-bond donors (Lipinski definition) is 2. The molecule has 0 spiro atoms. The summed E-state index contributed by atoms with van der Waals surface area (Å²) >= 11 is 13.3. The average molecular weight is 699 g/mol. The van der Waals surface area contributed by atoms with Gasteiger partial charge >= 0.3 is 6.03 Å². The van der Waals surface area contributed by atoms with Gasteiger partial charge in [-0.2, -0.15) is 0 Å². The number of rotatable bonds is 11. The van der Waals surface area contributed by atoms with Crippen molar-refractivity contribution in [3.8, 4) is 28.7 Å². The lowest BCUT2D eigenvalue weighted by Crippen LogP contribution is -2.44. The first-order chi connectivity index (χ1) is 23.2. The Morgan fingerprint density at radius 1 is 0.771 bits per heavy atom. The minimum Gasteiger partial charge on any atom is -0.497 e. The lowest BCUT2D eigenvalue weighted by Gasteiger charge is -2.34. The van der Waals surface area contributed by atoms with Crippen molar-refractivity contribution in [2.45, 2.75) is 0 Å². The van der Waals surface area contributed by atoms with Crippen LogP contribution in [0.1, 0.15) is 0 Å². The molecule has 0 atom stereocenters. The summed E-state index contributed by atoms with van der Waals surface area (Å²) < 4.78 is 27.5. The smallest absolute Gasteiger partial charge is 0.332 e. The maximum Gasteiger partial charge on any atom is 0.332 e. The van der Waals surface area contributed by atoms with E-state index in [0.717, 1.165) is 31.9 Å². The van der Waals surface area contributed by atoms with E-state index < -0.39 is 6.03 Å². The molecule has 0 aliphatic carbocycles. The molecule has 1 aliphatic heterocycles. The number of nitrogens with one attached hydrogen (secondary N) is 2. The van der Waals surface area contributed by atoms with Crippen molar-refractivity contribution >= 4 is 63.6 Å². The number of halogens is 2. The summed E-state index contributed by atoms with van der Waals surface area (Å²) in [4.78, 5) is 29.1. The lowest BCUT2D eigenvalue weighted by atomic mass is 10.2. The largest absolute Gasteiger partial charge is 0.497 e. The summed E-state index contributed by atoms with van der Waals surface area (Å²) in [6.45, 7) is 3.57. The molecule has 5 rings (SSSR count). The van der Waals surface area contributed by atoms with Crippen molar-refractivity contribution in [3.05, 3.63) is 64.9 Å². The SMILES string of the molecule is COc1ccc(Nc2cc(N(C(=O)Nc3c(Cl)c(OC)cc(OC)c3Cl)c3ccc(N4CCN(C)CC4)cc3OC)ncn2)c(OC)c1. The first-order valence-electron chi connectivity index (χ1n) is 14.8. The van der Waals surface area contributed by atoms with Crippen LogP contribution in [0.15, 0.2) is 54.9 Å². The molecule has 0 unspecified atom stereocenters. The van der Waals surface area contributed by atoms with Crippen LogP contribution in [-0.4, -0.2) is 89.7 Å². The van der Waals surface area contributed by atoms with Crippen LogP contribution in [-0.2, 0) is 0 Å². The van der Waals surface area contributed by atoms with Crippen molar-refractivity contribution in [3.63, 3.8) is 0 Å². The van der Waals surface area contributed by atoms with Crippen molar-refractivity contribution in [2.75, 3.05) is 89.2 Å². The number of carbonyl (C=O) groups excluding carboxylic acids is 1. The highest BCUT2D eigenvalue weighted by molar-refractivity contribution is 6.41. The molecule has 2 N–H and O–H groups in total. The first kappa shape index (κ1) is 34.5. The molecule has 1 aromatic heterocycles. The van der Waals surface area contributed by atoms with Gasteiger partial charge in [0.2, 0.25) is 0 Å². The van der Waals surface area contributed by atoms with Gasteiger partial charge < -0.3 is 44.1 Å². The fourth-order valence-electron chi connectivity index (χ4n) is 5.18. The van der Waals surface area contributed by atoms with Crippen molar-refractivity contribution in [1.29, 1.82) is 0 Å². The normalized spacial score (nSPS) is 13.0. The van der Waals surface area contributed by atoms with Gasteiger partial charge in [-0.1, -0.05) is 23.2 Å². The number of urea groups is 1. The number of amides is 2. The van der Waals surface area contributed by atoms with Crippen molar-refractivity contribution < 1.29 is 28.5 Å². The maximum atomic E-state index is 14.4. The molecule has 3 aromatic carbocycles. The van der Waals surface area contributed by atoms with Crippen LogP contribution in [0, 0.1) is 0 Å². The number of benzene rings is 3. The Hall–Kier alpha value is -4.85. The third-order valence-electron chi connectivity index (χ3n) is 7.83. The number of carbonyl (C=O) groups is 1. The zero-order chi connectivity index (χ0) is 34.4. The molecule has 254 valence electrons. The zero-order valence-electron chi connectivity index (χ0n) is 27.5. The first-order valence-corrected chi connectivity index (χ1v) is 15.6. The Morgan fingerprint density at radius 2 is 1.44 bits per heavy atom. The van der Waals surface area contributed by atoms with E-state index in [4.69, 9.17) is 46.9 Å². The Bertz CT molecular complexity index is 1740. The van der Waals surface area contributed by atoms with Gasteiger partial charge in [0, 0.05) is 56.1 Å². The predicted octanol–water partition coefficient (Wildman–Crippen LogP) is 6.69. The topological polar surface area (TPSA) is 123 Å². The number of anilines is 6. The van der Waals surface area contributed by atoms with Crippen LogP contribution in [0.4, 0.5) is 39.2 Å². The number of hydrogen-bond acceptors (Lipinski definition) is 11. The number of methoxy groups -OCH3 is 5. The second kappa shape index (κ2) is 15.4. The molecule has 0 saturated carbocycles. The second-order valence-corrected chi connectivity index (χ2v) is 11.4. The third-order valence-corrected chi connectivity index (χ3v) is 8.58. The average Bonchev–Trinajstić information content (AvgIpc) is 3.11. The van der Waals surface area contributed by atoms with E-state index in [9.17, 15) is 4.79 Å². The predicted molar refractivity (Wildman–Crippen MR) is 188 cm³/mol. The molecule has 0 radical (unpaired) electrons. The standard InChI is InChI=1S/C33H37Cl2N7O6/c1-40-11-13-41(14-12-40)20-7-10-23(25(15-20)46-4)42(33(43)39-32-30(34)26(47-5)17-27(48-6)31(32)35)29-18-28(36-19-37-29)38-22-9-8-21(44-2)16-24(22)45-3/h7-10,15-19H,11-14H2,1-6H3,(H,39,43)(H,36,37,38). The summed E-state index contributed by atoms with van der Waals surface area (Å²) in [6.07, 6.45) is 1.34. The number of aromatic nitrogens is 2. The second-order valence-electron chi connectivity index (χ2n) is 10.6. The molecule has 48 heavy (non-hydrogen) atoms. The Labute approximate surface area is 289 Å². The van der Waals surface area contributed by atoms with Gasteiger partial charge in [0.25, 0.3) is 0 Å². The molecule has 1 aliphatic rings. The molecule has 2 heterocycles. The van der Waals surface area contributed by atoms with Crippen LogP contribution in [0.2, 0.25) is 10.0 Å². The molecule has 1 saturated heterocycles. The van der Waals surface area contributed by atoms with Crippen LogP contribution in [0.5, 0.6) is 28.7 Å². The summed E-state index contributed by atoms with van der Waals surface area (Å²) in [5.74, 6) is 2.71. The Kier molecular flexibility index (Phi) is 11.0. The summed E-state index contributed by atoms with van der Waals surface area (Å²) in [5.41, 5.74) is 2.08. The van der Waals surface area contributed by atoms with Crippen LogP contribution in [0.25, 0.3) is 0 Å². The monoisotopic (exact) mass is 697 g/mol. The fraction of sp³-hybridized carbons (Fsp3) is 0.303. The molecule has 13 nitrogen and oxygen atoms in total. The summed E-state index contributed by atoms with van der Waals surface area (Å²) in [7, 11) is 9.68. The van der Waals surface area contributed by atoms with Crippen LogP contribution in [0.3, 0.4) is 0 Å². The van der Waals surface area contributed by atoms with E-state index in [0.29, 0.717) is 34.4 Å². The lowest BCUT2D eigenvalue weighted by molar-refractivity contribution is 0.258. The van der Waals surface area contributed by atoms with E-state index in [1.54, 1.807) is 45.6 Å². The molecule has 0 bridgehead atoms. The van der Waals surface area contributed by atoms with Gasteiger partial charge in [0.1, 0.15) is 56.8 Å². The molecule has 15 heteroatoms. The van der Waals surface area contributed by atoms with E-state index in [1.165, 1.54) is 31.5 Å². The molecule has 4 aromatic rings. The van der Waals surface area contributed by atoms with E-state index >= 15 is 0 Å². The highest BCUT2D eigenvalue weighted by atomic mass is 35.5. The highest BCUT2D eigenvalue weighted by Crippen LogP contribution is 2.45. The molecule has 1 fully saturated rings. The maximum absolute atomic E-state index is 14.4. The van der Waals surface area contributed by atoms with Crippen LogP contribution >= 0.6 is 23.2 Å². The highest BCUT2D eigenvalue weighted by Gasteiger charge is 2.28. The number of likely N-dealkylation sites (N-methyl/N-ethyl adjacent to an activating group) is 1. The minimum atomic E-state index is -0.647. The molecule has 2 amide bonds. The third kappa shape index (κ3) is 7.33. The van der Waals surface area contributed by atoms with E-state index in [1.807, 2.05) is 18.2 Å². The van der Waals surface area contributed by atoms with Gasteiger partial charge in [0.05, 0.1) is 52.6 Å². The van der Waals surface area contributed by atoms with E-state index in [-0.39, 0.29) is 33.0 Å². The van der Waals surface area contributed by atoms with Gasteiger partial charge in [-0.25, -0.2) is 19.7 Å². The van der Waals surface area contributed by atoms with Crippen molar-refractivity contribution in [2.24, 2.45) is 0 Å². The van der Waals surface area contributed by atoms with E-state index in [2.05, 4.69) is 37.4 Å². The number of nitrogens with zero attached hydrogens (tertiary/aromatic N) is 5. The van der Waals surface area contributed by atoms with Gasteiger partial charge in [0.15, 0.2) is 0 Å². The molecular formula is C33H37Cl2N7O6. The van der Waals surface area contributed by atoms with Gasteiger partial charge in [-0.05, 0) is 31.3 Å². The van der Waals surface area contributed by atoms with Gasteiger partial charge in [-0.3, -0.25) is 0 Å². The Morgan fingerprint density at radius 3 is 2.06 bits per heavy atom. The Balaban J connectivity index is 1.58. The zero-order valence-corrected chi connectivity index (χ0v) is 29.0. The van der Waals surface area contributed by atoms with Gasteiger partial charge in [-0.15, -0.1) is 0 Å². The number of ether oxygens (including phenoxy) is 5. The quantitative estimate of drug-likeness (QED) is 0.174. The summed E-state index contributed by atoms with van der Waals surface area (Å²) in [5, 5.41) is 6.25.